The Morgan fingerprint density at radius 3 is 2.88 bits per heavy atom. The van der Waals surface area contributed by atoms with Crippen molar-refractivity contribution in [2.45, 2.75) is 13.8 Å². The third-order valence-electron chi connectivity index (χ3n) is 2.31. The molecule has 5 heteroatoms. The Kier molecular flexibility index (Phi) is 3.46. The Morgan fingerprint density at radius 1 is 1.35 bits per heavy atom. The van der Waals surface area contributed by atoms with E-state index in [2.05, 4.69) is 9.97 Å². The van der Waals surface area contributed by atoms with Gasteiger partial charge in [-0.05, 0) is 53.6 Å². The van der Waals surface area contributed by atoms with Gasteiger partial charge in [0.1, 0.15) is 9.32 Å². The summed E-state index contributed by atoms with van der Waals surface area (Å²) < 4.78 is 6.11. The van der Waals surface area contributed by atoms with Gasteiger partial charge in [-0.2, -0.15) is 0 Å². The molecule has 1 aromatic heterocycles. The van der Waals surface area contributed by atoms with Crippen molar-refractivity contribution in [1.29, 1.82) is 0 Å². The van der Waals surface area contributed by atoms with Crippen LogP contribution in [-0.2, 0) is 0 Å². The molecule has 0 amide bonds. The van der Waals surface area contributed by atoms with E-state index in [1.54, 1.807) is 0 Å². The minimum Gasteiger partial charge on any atom is -0.437 e. The predicted octanol–water partition coefficient (Wildman–Crippen LogP) is 2.78. The molecule has 1 N–H and O–H groups in total. The van der Waals surface area contributed by atoms with Crippen molar-refractivity contribution in [2.24, 2.45) is 0 Å². The predicted molar refractivity (Wildman–Crippen MR) is 73.6 cm³/mol. The van der Waals surface area contributed by atoms with Crippen LogP contribution in [0.1, 0.15) is 11.1 Å². The summed E-state index contributed by atoms with van der Waals surface area (Å²) in [6, 6.07) is 5.91. The summed E-state index contributed by atoms with van der Waals surface area (Å²) in [5, 5.41) is 0. The second-order valence-electron chi connectivity index (χ2n) is 3.72. The highest BCUT2D eigenvalue weighted by Crippen LogP contribution is 2.26. The topological polar surface area (TPSA) is 55.0 Å². The number of H-pyrrole nitrogens is 1. The first-order valence-electron chi connectivity index (χ1n) is 5.06. The van der Waals surface area contributed by atoms with Gasteiger partial charge in [-0.25, -0.2) is 4.98 Å². The summed E-state index contributed by atoms with van der Waals surface area (Å²) in [7, 11) is 0. The van der Waals surface area contributed by atoms with Crippen molar-refractivity contribution in [3.63, 3.8) is 0 Å². The maximum absolute atomic E-state index is 11.4. The Labute approximate surface area is 112 Å². The lowest BCUT2D eigenvalue weighted by Crippen LogP contribution is -2.11. The maximum atomic E-state index is 11.4. The average Bonchev–Trinajstić information content (AvgIpc) is 2.30. The molecule has 2 rings (SSSR count). The van der Waals surface area contributed by atoms with Crippen molar-refractivity contribution in [3.8, 4) is 11.6 Å². The zero-order chi connectivity index (χ0) is 12.4. The van der Waals surface area contributed by atoms with Crippen LogP contribution >= 0.6 is 22.6 Å². The fraction of sp³-hybridized carbons (Fsp3) is 0.167. The van der Waals surface area contributed by atoms with E-state index < -0.39 is 0 Å². The number of halogens is 1. The third kappa shape index (κ3) is 2.66. The fourth-order valence-electron chi connectivity index (χ4n) is 1.36. The molecular weight excluding hydrogens is 331 g/mol. The lowest BCUT2D eigenvalue weighted by Gasteiger charge is -2.09. The van der Waals surface area contributed by atoms with E-state index in [0.717, 1.165) is 16.9 Å². The number of hydrogen-bond donors (Lipinski definition) is 1. The molecule has 4 nitrogen and oxygen atoms in total. The minimum absolute atomic E-state index is 0.194. The first-order valence-corrected chi connectivity index (χ1v) is 6.14. The number of aromatic nitrogens is 2. The van der Waals surface area contributed by atoms with Gasteiger partial charge in [0.2, 0.25) is 5.88 Å². The second-order valence-corrected chi connectivity index (χ2v) is 4.80. The first kappa shape index (κ1) is 12.1. The largest absolute Gasteiger partial charge is 0.437 e. The van der Waals surface area contributed by atoms with Crippen molar-refractivity contribution in [2.75, 3.05) is 0 Å². The summed E-state index contributed by atoms with van der Waals surface area (Å²) in [5.74, 6) is 1.06. The van der Waals surface area contributed by atoms with Gasteiger partial charge in [0.25, 0.3) is 5.56 Å². The molecule has 0 atom stereocenters. The van der Waals surface area contributed by atoms with E-state index in [1.165, 1.54) is 6.33 Å². The van der Waals surface area contributed by atoms with Crippen LogP contribution in [0.25, 0.3) is 0 Å². The van der Waals surface area contributed by atoms with Gasteiger partial charge in [-0.15, -0.1) is 0 Å². The molecule has 88 valence electrons. The zero-order valence-corrected chi connectivity index (χ0v) is 11.6. The molecule has 0 aliphatic carbocycles. The molecule has 1 heterocycles. The van der Waals surface area contributed by atoms with Crippen LogP contribution in [0.5, 0.6) is 11.6 Å². The normalized spacial score (nSPS) is 10.3. The van der Waals surface area contributed by atoms with Gasteiger partial charge in [0, 0.05) is 0 Å². The van der Waals surface area contributed by atoms with E-state index >= 15 is 0 Å². The number of rotatable bonds is 2. The Bertz CT molecular complexity index is 608. The van der Waals surface area contributed by atoms with Crippen molar-refractivity contribution < 1.29 is 4.74 Å². The number of hydrogen-bond acceptors (Lipinski definition) is 3. The number of benzene rings is 1. The van der Waals surface area contributed by atoms with Gasteiger partial charge in [-0.1, -0.05) is 12.1 Å². The Hall–Kier alpha value is -1.37. The van der Waals surface area contributed by atoms with E-state index in [9.17, 15) is 4.79 Å². The molecule has 0 unspecified atom stereocenters. The fourth-order valence-corrected chi connectivity index (χ4v) is 1.76. The molecule has 17 heavy (non-hydrogen) atoms. The molecule has 0 spiro atoms. The van der Waals surface area contributed by atoms with Crippen LogP contribution in [0.15, 0.2) is 29.3 Å². The highest BCUT2D eigenvalue weighted by Gasteiger charge is 2.09. The van der Waals surface area contributed by atoms with Crippen molar-refractivity contribution in [1.82, 2.24) is 9.97 Å². The molecule has 0 saturated heterocycles. The number of aryl methyl sites for hydroxylation is 2. The SMILES string of the molecule is Cc1ccc(C)c(Oc2nc[nH]c(=O)c2I)c1. The molecule has 0 aliphatic rings. The highest BCUT2D eigenvalue weighted by molar-refractivity contribution is 14.1. The Morgan fingerprint density at radius 2 is 2.12 bits per heavy atom. The maximum Gasteiger partial charge on any atom is 0.268 e. The van der Waals surface area contributed by atoms with E-state index in [-0.39, 0.29) is 5.56 Å². The lowest BCUT2D eigenvalue weighted by molar-refractivity contribution is 0.453. The zero-order valence-electron chi connectivity index (χ0n) is 9.45. The van der Waals surface area contributed by atoms with Crippen LogP contribution in [-0.4, -0.2) is 9.97 Å². The summed E-state index contributed by atoms with van der Waals surface area (Å²) in [4.78, 5) is 17.9. The lowest BCUT2D eigenvalue weighted by atomic mass is 10.1. The van der Waals surface area contributed by atoms with Crippen LogP contribution in [0.4, 0.5) is 0 Å². The van der Waals surface area contributed by atoms with Gasteiger partial charge < -0.3 is 9.72 Å². The molecule has 0 bridgehead atoms. The molecular formula is C12H11IN2O2. The third-order valence-corrected chi connectivity index (χ3v) is 3.27. The van der Waals surface area contributed by atoms with Gasteiger partial charge in [0.05, 0.1) is 6.33 Å². The number of aromatic amines is 1. The summed E-state index contributed by atoms with van der Waals surface area (Å²) >= 11 is 1.92. The van der Waals surface area contributed by atoms with Crippen LogP contribution in [0, 0.1) is 17.4 Å². The van der Waals surface area contributed by atoms with Crippen molar-refractivity contribution >= 4 is 22.6 Å². The smallest absolute Gasteiger partial charge is 0.268 e. The standard InChI is InChI=1S/C12H11IN2O2/c1-7-3-4-8(2)9(5-7)17-12-10(13)11(16)14-6-15-12/h3-6H,1-2H3,(H,14,15,16). The van der Waals surface area contributed by atoms with E-state index in [1.807, 2.05) is 54.6 Å². The van der Waals surface area contributed by atoms with Gasteiger partial charge >= 0.3 is 0 Å². The second kappa shape index (κ2) is 4.87. The summed E-state index contributed by atoms with van der Waals surface area (Å²) in [6.07, 6.45) is 1.34. The van der Waals surface area contributed by atoms with E-state index in [0.29, 0.717) is 9.45 Å². The average molecular weight is 342 g/mol. The Balaban J connectivity index is 2.41. The minimum atomic E-state index is -0.194. The highest BCUT2D eigenvalue weighted by atomic mass is 127. The van der Waals surface area contributed by atoms with Crippen molar-refractivity contribution in [3.05, 3.63) is 49.6 Å². The number of nitrogens with one attached hydrogen (secondary N) is 1. The van der Waals surface area contributed by atoms with Crippen LogP contribution in [0.3, 0.4) is 0 Å². The molecule has 2 aromatic rings. The van der Waals surface area contributed by atoms with E-state index in [4.69, 9.17) is 4.74 Å². The number of nitrogens with zero attached hydrogens (tertiary/aromatic N) is 1. The first-order chi connectivity index (χ1) is 8.08. The molecule has 0 saturated carbocycles. The molecule has 0 aliphatic heterocycles. The van der Waals surface area contributed by atoms with Gasteiger partial charge in [-0.3, -0.25) is 4.79 Å². The van der Waals surface area contributed by atoms with Crippen LogP contribution < -0.4 is 10.3 Å². The quantitative estimate of drug-likeness (QED) is 0.854. The molecule has 0 fully saturated rings. The van der Waals surface area contributed by atoms with Crippen LogP contribution in [0.2, 0.25) is 0 Å². The summed E-state index contributed by atoms with van der Waals surface area (Å²) in [5.41, 5.74) is 1.92. The van der Waals surface area contributed by atoms with Gasteiger partial charge in [0.15, 0.2) is 0 Å². The number of ether oxygens (including phenoxy) is 1. The monoisotopic (exact) mass is 342 g/mol. The molecule has 0 radical (unpaired) electrons. The summed E-state index contributed by atoms with van der Waals surface area (Å²) in [6.45, 7) is 3.94. The molecule has 1 aromatic carbocycles.